The molecule has 200 valence electrons. The largest absolute Gasteiger partial charge is 0.466 e. The van der Waals surface area contributed by atoms with E-state index < -0.39 is 6.10 Å². The third-order valence-electron chi connectivity index (χ3n) is 7.43. The van der Waals surface area contributed by atoms with E-state index in [0.29, 0.717) is 45.7 Å². The number of carbonyl (C=O) groups is 1. The second kappa shape index (κ2) is 14.4. The summed E-state index contributed by atoms with van der Waals surface area (Å²) in [5.41, 5.74) is 3.54. The number of hydrogen-bond acceptors (Lipinski definition) is 6. The summed E-state index contributed by atoms with van der Waals surface area (Å²) in [6.07, 6.45) is 7.41. The van der Waals surface area contributed by atoms with Gasteiger partial charge in [-0.1, -0.05) is 66.7 Å². The van der Waals surface area contributed by atoms with Crippen LogP contribution in [-0.4, -0.2) is 67.1 Å². The zero-order chi connectivity index (χ0) is 25.9. The molecule has 4 atom stereocenters. The third-order valence-corrected chi connectivity index (χ3v) is 7.43. The van der Waals surface area contributed by atoms with Crippen LogP contribution in [0.4, 0.5) is 0 Å². The van der Waals surface area contributed by atoms with Crippen LogP contribution >= 0.6 is 0 Å². The second-order valence-corrected chi connectivity index (χ2v) is 9.91. The van der Waals surface area contributed by atoms with Gasteiger partial charge in [-0.25, -0.2) is 0 Å². The highest BCUT2D eigenvalue weighted by atomic mass is 16.5. The van der Waals surface area contributed by atoms with E-state index in [4.69, 9.17) is 14.2 Å². The van der Waals surface area contributed by atoms with Gasteiger partial charge in [0.15, 0.2) is 0 Å². The van der Waals surface area contributed by atoms with E-state index in [-0.39, 0.29) is 24.0 Å². The van der Waals surface area contributed by atoms with Gasteiger partial charge in [0.25, 0.3) is 0 Å². The van der Waals surface area contributed by atoms with Gasteiger partial charge in [-0.05, 0) is 42.9 Å². The number of ether oxygens (including phenoxy) is 3. The van der Waals surface area contributed by atoms with Crippen LogP contribution < -0.4 is 0 Å². The smallest absolute Gasteiger partial charge is 0.306 e. The van der Waals surface area contributed by atoms with E-state index in [1.165, 1.54) is 11.1 Å². The van der Waals surface area contributed by atoms with Crippen molar-refractivity contribution < 1.29 is 24.1 Å². The normalized spacial score (nSPS) is 24.5. The Morgan fingerprint density at radius 2 is 1.73 bits per heavy atom. The molecule has 1 saturated heterocycles. The maximum absolute atomic E-state index is 11.5. The first-order chi connectivity index (χ1) is 18.2. The molecule has 2 fully saturated rings. The summed E-state index contributed by atoms with van der Waals surface area (Å²) < 4.78 is 17.0. The zero-order valence-electron chi connectivity index (χ0n) is 22.0. The Morgan fingerprint density at radius 3 is 2.46 bits per heavy atom. The van der Waals surface area contributed by atoms with Crippen molar-refractivity contribution in [2.75, 3.05) is 32.9 Å². The number of morpholine rings is 1. The van der Waals surface area contributed by atoms with E-state index in [1.807, 2.05) is 13.0 Å². The maximum Gasteiger partial charge on any atom is 0.306 e. The van der Waals surface area contributed by atoms with E-state index >= 15 is 0 Å². The lowest BCUT2D eigenvalue weighted by Crippen LogP contribution is -2.50. The van der Waals surface area contributed by atoms with Gasteiger partial charge in [-0.2, -0.15) is 0 Å². The van der Waals surface area contributed by atoms with Crippen LogP contribution in [0.15, 0.2) is 66.7 Å². The summed E-state index contributed by atoms with van der Waals surface area (Å²) in [5.74, 6) is 0.0927. The number of esters is 1. The van der Waals surface area contributed by atoms with Crippen LogP contribution in [0.5, 0.6) is 0 Å². The van der Waals surface area contributed by atoms with Crippen LogP contribution in [0.2, 0.25) is 0 Å². The molecule has 2 aromatic carbocycles. The summed E-state index contributed by atoms with van der Waals surface area (Å²) in [4.78, 5) is 13.9. The molecule has 0 amide bonds. The molecule has 2 aliphatic rings. The van der Waals surface area contributed by atoms with Gasteiger partial charge in [-0.3, -0.25) is 9.69 Å². The zero-order valence-corrected chi connectivity index (χ0v) is 22.0. The first-order valence-electron chi connectivity index (χ1n) is 13.7. The summed E-state index contributed by atoms with van der Waals surface area (Å²) in [7, 11) is 0. The number of rotatable bonds is 12. The highest BCUT2D eigenvalue weighted by Gasteiger charge is 2.45. The molecule has 0 radical (unpaired) electrons. The first-order valence-corrected chi connectivity index (χ1v) is 13.7. The van der Waals surface area contributed by atoms with Gasteiger partial charge in [0, 0.05) is 37.9 Å². The quantitative estimate of drug-likeness (QED) is 0.322. The number of hydrogen-bond donors (Lipinski definition) is 1. The van der Waals surface area contributed by atoms with Crippen molar-refractivity contribution in [2.24, 2.45) is 5.92 Å². The second-order valence-electron chi connectivity index (χ2n) is 9.91. The molecular weight excluding hydrogens is 466 g/mol. The molecule has 1 heterocycles. The van der Waals surface area contributed by atoms with E-state index in [1.54, 1.807) is 0 Å². The molecule has 1 saturated carbocycles. The van der Waals surface area contributed by atoms with Crippen molar-refractivity contribution in [1.29, 1.82) is 0 Å². The monoisotopic (exact) mass is 507 g/mol. The molecule has 4 rings (SSSR count). The summed E-state index contributed by atoms with van der Waals surface area (Å²) >= 11 is 0. The Kier molecular flexibility index (Phi) is 10.7. The van der Waals surface area contributed by atoms with Gasteiger partial charge in [0.1, 0.15) is 0 Å². The molecule has 0 spiro atoms. The molecule has 4 unspecified atom stereocenters. The van der Waals surface area contributed by atoms with Crippen molar-refractivity contribution >= 4 is 5.97 Å². The summed E-state index contributed by atoms with van der Waals surface area (Å²) in [6.45, 7) is 5.91. The standard InChI is InChI=1S/C31H41NO5/c1-2-36-30(34)13-9-4-3-8-12-27-29(22-28(33)31(27)32-18-20-35-21-19-32)37-23-24-14-16-26(17-15-24)25-10-6-5-7-11-25/h3-7,10-11,14-17,27-29,31,33H,2,8-9,12-13,18-23H2,1H3. The first kappa shape index (κ1) is 27.5. The maximum atomic E-state index is 11.5. The molecule has 0 aromatic heterocycles. The van der Waals surface area contributed by atoms with Crippen molar-refractivity contribution in [3.63, 3.8) is 0 Å². The Bertz CT molecular complexity index is 971. The van der Waals surface area contributed by atoms with Gasteiger partial charge in [-0.15, -0.1) is 0 Å². The van der Waals surface area contributed by atoms with Crippen LogP contribution in [0, 0.1) is 5.92 Å². The third kappa shape index (κ3) is 7.99. The Hall–Kier alpha value is -2.51. The van der Waals surface area contributed by atoms with Crippen LogP contribution in [0.25, 0.3) is 11.1 Å². The number of allylic oxidation sites excluding steroid dienone is 2. The lowest BCUT2D eigenvalue weighted by atomic mass is 9.93. The topological polar surface area (TPSA) is 68.2 Å². The number of benzene rings is 2. The number of aliphatic hydroxyl groups excluding tert-OH is 1. The summed E-state index contributed by atoms with van der Waals surface area (Å²) in [5, 5.41) is 11.1. The molecule has 37 heavy (non-hydrogen) atoms. The van der Waals surface area contributed by atoms with Gasteiger partial charge in [0.05, 0.1) is 38.6 Å². The molecule has 1 aliphatic carbocycles. The van der Waals surface area contributed by atoms with Gasteiger partial charge < -0.3 is 19.3 Å². The minimum absolute atomic E-state index is 0.00424. The summed E-state index contributed by atoms with van der Waals surface area (Å²) in [6, 6.07) is 19.0. The fourth-order valence-corrected chi connectivity index (χ4v) is 5.58. The highest BCUT2D eigenvalue weighted by molar-refractivity contribution is 5.69. The predicted octanol–water partition coefficient (Wildman–Crippen LogP) is 5.00. The minimum Gasteiger partial charge on any atom is -0.466 e. The highest BCUT2D eigenvalue weighted by Crippen LogP contribution is 2.37. The van der Waals surface area contributed by atoms with E-state index in [9.17, 15) is 9.90 Å². The molecule has 6 nitrogen and oxygen atoms in total. The van der Waals surface area contributed by atoms with Crippen molar-refractivity contribution in [3.8, 4) is 11.1 Å². The Balaban J connectivity index is 1.35. The number of aliphatic hydroxyl groups is 1. The van der Waals surface area contributed by atoms with E-state index in [0.717, 1.165) is 31.5 Å². The van der Waals surface area contributed by atoms with Crippen LogP contribution in [0.3, 0.4) is 0 Å². The molecular formula is C31H41NO5. The average Bonchev–Trinajstić information content (AvgIpc) is 3.25. The molecule has 1 aliphatic heterocycles. The van der Waals surface area contributed by atoms with Crippen molar-refractivity contribution in [1.82, 2.24) is 4.90 Å². The molecule has 0 bridgehead atoms. The molecule has 1 N–H and O–H groups in total. The van der Waals surface area contributed by atoms with Gasteiger partial charge >= 0.3 is 5.97 Å². The average molecular weight is 508 g/mol. The number of nitrogens with zero attached hydrogens (tertiary/aromatic N) is 1. The van der Waals surface area contributed by atoms with E-state index in [2.05, 4.69) is 65.6 Å². The SMILES string of the molecule is CCOC(=O)CCC=CCCC1C(OCc2ccc(-c3ccccc3)cc2)CC(O)C1N1CCOCC1. The molecule has 2 aromatic rings. The lowest BCUT2D eigenvalue weighted by molar-refractivity contribution is -0.143. The Morgan fingerprint density at radius 1 is 1.03 bits per heavy atom. The van der Waals surface area contributed by atoms with Crippen molar-refractivity contribution in [3.05, 3.63) is 72.3 Å². The Labute approximate surface area is 221 Å². The fraction of sp³-hybridized carbons (Fsp3) is 0.516. The van der Waals surface area contributed by atoms with Crippen LogP contribution in [0.1, 0.15) is 44.6 Å². The molecule has 6 heteroatoms. The van der Waals surface area contributed by atoms with Crippen molar-refractivity contribution in [2.45, 2.75) is 63.9 Å². The number of carbonyl (C=O) groups excluding carboxylic acids is 1. The van der Waals surface area contributed by atoms with Crippen LogP contribution in [-0.2, 0) is 25.6 Å². The minimum atomic E-state index is -0.402. The van der Waals surface area contributed by atoms with Gasteiger partial charge in [0.2, 0.25) is 0 Å². The lowest BCUT2D eigenvalue weighted by Gasteiger charge is -2.38. The fourth-order valence-electron chi connectivity index (χ4n) is 5.58. The predicted molar refractivity (Wildman–Crippen MR) is 145 cm³/mol.